The van der Waals surface area contributed by atoms with Crippen molar-refractivity contribution in [1.82, 2.24) is 10.1 Å². The molecule has 1 heterocycles. The molecule has 0 amide bonds. The van der Waals surface area contributed by atoms with Gasteiger partial charge >= 0.3 is 0 Å². The number of ether oxygens (including phenoxy) is 4. The molecule has 8 nitrogen and oxygen atoms in total. The summed E-state index contributed by atoms with van der Waals surface area (Å²) in [5.41, 5.74) is 2.08. The molecule has 0 bridgehead atoms. The molecule has 0 aliphatic carbocycles. The van der Waals surface area contributed by atoms with E-state index in [0.717, 1.165) is 5.56 Å². The van der Waals surface area contributed by atoms with Crippen molar-refractivity contribution < 1.29 is 32.7 Å². The first kappa shape index (κ1) is 22.9. The van der Waals surface area contributed by atoms with Crippen LogP contribution in [0.4, 0.5) is 4.39 Å². The van der Waals surface area contributed by atoms with Crippen LogP contribution < -0.4 is 14.2 Å². The molecule has 0 fully saturated rings. The number of benzene rings is 3. The van der Waals surface area contributed by atoms with E-state index in [-0.39, 0.29) is 29.8 Å². The molecule has 0 radical (unpaired) electrons. The van der Waals surface area contributed by atoms with Crippen LogP contribution in [0.15, 0.2) is 65.2 Å². The number of halogens is 1. The van der Waals surface area contributed by atoms with Crippen LogP contribution in [0.1, 0.15) is 15.9 Å². The third kappa shape index (κ3) is 5.05. The van der Waals surface area contributed by atoms with Gasteiger partial charge in [0.15, 0.2) is 36.1 Å². The minimum Gasteiger partial charge on any atom is -0.493 e. The van der Waals surface area contributed by atoms with Crippen LogP contribution in [0, 0.1) is 5.82 Å². The van der Waals surface area contributed by atoms with E-state index in [1.54, 1.807) is 12.1 Å². The van der Waals surface area contributed by atoms with Gasteiger partial charge in [-0.25, -0.2) is 4.39 Å². The van der Waals surface area contributed by atoms with Crippen molar-refractivity contribution in [1.29, 1.82) is 0 Å². The van der Waals surface area contributed by atoms with Crippen LogP contribution in [0.25, 0.3) is 22.8 Å². The van der Waals surface area contributed by atoms with Crippen molar-refractivity contribution in [3.63, 3.8) is 0 Å². The Morgan fingerprint density at radius 3 is 2.53 bits per heavy atom. The average molecular weight is 464 g/mol. The molecule has 9 heteroatoms. The van der Waals surface area contributed by atoms with Crippen LogP contribution in [-0.4, -0.2) is 37.4 Å². The quantitative estimate of drug-likeness (QED) is 0.241. The lowest BCUT2D eigenvalue weighted by Gasteiger charge is -2.13. The van der Waals surface area contributed by atoms with E-state index in [9.17, 15) is 9.18 Å². The molecule has 1 aromatic heterocycles. The highest BCUT2D eigenvalue weighted by Gasteiger charge is 2.19. The van der Waals surface area contributed by atoms with Crippen molar-refractivity contribution in [3.05, 3.63) is 77.6 Å². The Hall–Kier alpha value is -4.24. The molecule has 0 saturated heterocycles. The molecule has 34 heavy (non-hydrogen) atoms. The maximum Gasteiger partial charge on any atom is 0.259 e. The van der Waals surface area contributed by atoms with Crippen molar-refractivity contribution >= 4 is 6.29 Å². The van der Waals surface area contributed by atoms with Gasteiger partial charge in [0.25, 0.3) is 5.89 Å². The number of carbonyl (C=O) groups is 1. The molecule has 0 atom stereocenters. The Balaban J connectivity index is 1.63. The zero-order valence-corrected chi connectivity index (χ0v) is 18.5. The second-order valence-electron chi connectivity index (χ2n) is 7.10. The van der Waals surface area contributed by atoms with Gasteiger partial charge in [-0.1, -0.05) is 35.5 Å². The van der Waals surface area contributed by atoms with Gasteiger partial charge in [0, 0.05) is 18.2 Å². The van der Waals surface area contributed by atoms with E-state index in [2.05, 4.69) is 10.1 Å². The smallest absolute Gasteiger partial charge is 0.259 e. The van der Waals surface area contributed by atoms with Crippen molar-refractivity contribution in [2.24, 2.45) is 0 Å². The Morgan fingerprint density at radius 1 is 0.971 bits per heavy atom. The monoisotopic (exact) mass is 464 g/mol. The first-order valence-electron chi connectivity index (χ1n) is 10.2. The molecule has 3 aromatic carbocycles. The molecule has 0 aliphatic rings. The van der Waals surface area contributed by atoms with Crippen LogP contribution in [0.3, 0.4) is 0 Å². The number of hydrogen-bond acceptors (Lipinski definition) is 8. The highest BCUT2D eigenvalue weighted by Crippen LogP contribution is 2.36. The topological polar surface area (TPSA) is 92.9 Å². The lowest BCUT2D eigenvalue weighted by Crippen LogP contribution is -2.01. The highest BCUT2D eigenvalue weighted by atomic mass is 19.1. The minimum atomic E-state index is -0.552. The van der Waals surface area contributed by atoms with Gasteiger partial charge in [0.2, 0.25) is 5.82 Å². The summed E-state index contributed by atoms with van der Waals surface area (Å²) in [6.45, 7) is 0.191. The first-order chi connectivity index (χ1) is 16.6. The number of nitrogens with zero attached hydrogens (tertiary/aromatic N) is 2. The lowest BCUT2D eigenvalue weighted by atomic mass is 10.1. The number of methoxy groups -OCH3 is 2. The van der Waals surface area contributed by atoms with Gasteiger partial charge in [0.05, 0.1) is 12.7 Å². The van der Waals surface area contributed by atoms with Crippen LogP contribution in [0.5, 0.6) is 17.2 Å². The zero-order valence-electron chi connectivity index (χ0n) is 18.5. The SMILES string of the molecule is COCOc1cc(-c2noc(-c3cc(OC)c(OCc4ccccc4)cc3C=O)n2)ccc1F. The van der Waals surface area contributed by atoms with Crippen LogP contribution in [-0.2, 0) is 11.3 Å². The van der Waals surface area contributed by atoms with E-state index in [1.807, 2.05) is 30.3 Å². The highest BCUT2D eigenvalue weighted by molar-refractivity contribution is 5.87. The van der Waals surface area contributed by atoms with E-state index >= 15 is 0 Å². The largest absolute Gasteiger partial charge is 0.493 e. The van der Waals surface area contributed by atoms with Gasteiger partial charge in [-0.3, -0.25) is 4.79 Å². The molecule has 0 aliphatic heterocycles. The van der Waals surface area contributed by atoms with E-state index in [1.165, 1.54) is 32.4 Å². The number of aldehydes is 1. The normalized spacial score (nSPS) is 10.7. The van der Waals surface area contributed by atoms with Gasteiger partial charge in [-0.15, -0.1) is 0 Å². The second kappa shape index (κ2) is 10.6. The third-order valence-electron chi connectivity index (χ3n) is 4.88. The number of carbonyl (C=O) groups excluding carboxylic acids is 1. The average Bonchev–Trinajstić information content (AvgIpc) is 3.37. The van der Waals surface area contributed by atoms with E-state index < -0.39 is 5.82 Å². The van der Waals surface area contributed by atoms with Crippen LogP contribution in [0.2, 0.25) is 0 Å². The fraction of sp³-hybridized carbons (Fsp3) is 0.160. The molecule has 4 aromatic rings. The van der Waals surface area contributed by atoms with Gasteiger partial charge in [0.1, 0.15) is 6.61 Å². The molecule has 4 rings (SSSR count). The summed E-state index contributed by atoms with van der Waals surface area (Å²) in [6.07, 6.45) is 0.669. The summed E-state index contributed by atoms with van der Waals surface area (Å²) in [6, 6.07) is 16.9. The molecular weight excluding hydrogens is 443 g/mol. The summed E-state index contributed by atoms with van der Waals surface area (Å²) in [7, 11) is 2.93. The number of hydrogen-bond donors (Lipinski definition) is 0. The zero-order chi connectivity index (χ0) is 23.9. The molecule has 174 valence electrons. The summed E-state index contributed by atoms with van der Waals surface area (Å²) >= 11 is 0. The number of aromatic nitrogens is 2. The summed E-state index contributed by atoms with van der Waals surface area (Å²) in [4.78, 5) is 16.2. The molecule has 0 saturated carbocycles. The molecule has 0 N–H and O–H groups in total. The molecular formula is C25H21FN2O6. The molecule has 0 unspecified atom stereocenters. The van der Waals surface area contributed by atoms with Gasteiger partial charge in [-0.05, 0) is 35.9 Å². The third-order valence-corrected chi connectivity index (χ3v) is 4.88. The Bertz CT molecular complexity index is 1280. The fourth-order valence-corrected chi connectivity index (χ4v) is 3.19. The van der Waals surface area contributed by atoms with Gasteiger partial charge < -0.3 is 23.5 Å². The Morgan fingerprint density at radius 2 is 1.79 bits per heavy atom. The number of rotatable bonds is 10. The van der Waals surface area contributed by atoms with E-state index in [4.69, 9.17) is 23.5 Å². The predicted octanol–water partition coefficient (Wildman–Crippen LogP) is 4.93. The van der Waals surface area contributed by atoms with Crippen molar-refractivity contribution in [2.45, 2.75) is 6.61 Å². The Kier molecular flexibility index (Phi) is 7.14. The van der Waals surface area contributed by atoms with Crippen molar-refractivity contribution in [2.75, 3.05) is 21.0 Å². The molecule has 0 spiro atoms. The second-order valence-corrected chi connectivity index (χ2v) is 7.10. The van der Waals surface area contributed by atoms with E-state index in [0.29, 0.717) is 35.5 Å². The van der Waals surface area contributed by atoms with Crippen LogP contribution >= 0.6 is 0 Å². The maximum atomic E-state index is 14.0. The minimum absolute atomic E-state index is 0.0131. The summed E-state index contributed by atoms with van der Waals surface area (Å²) in [5.74, 6) is 0.513. The maximum absolute atomic E-state index is 14.0. The lowest BCUT2D eigenvalue weighted by molar-refractivity contribution is 0.0483. The Labute approximate surface area is 194 Å². The standard InChI is InChI=1S/C25H21FN2O6/c1-30-15-33-21-10-17(8-9-20(21)26)24-27-25(34-28-24)19-12-22(31-2)23(11-18(19)13-29)32-14-16-6-4-3-5-7-16/h3-13H,14-15H2,1-2H3. The first-order valence-corrected chi connectivity index (χ1v) is 10.2. The van der Waals surface area contributed by atoms with Gasteiger partial charge in [-0.2, -0.15) is 4.98 Å². The summed E-state index contributed by atoms with van der Waals surface area (Å²) in [5, 5.41) is 3.96. The predicted molar refractivity (Wildman–Crippen MR) is 120 cm³/mol. The fourth-order valence-electron chi connectivity index (χ4n) is 3.19. The summed E-state index contributed by atoms with van der Waals surface area (Å²) < 4.78 is 40.7. The van der Waals surface area contributed by atoms with Crippen molar-refractivity contribution in [3.8, 4) is 40.1 Å².